The number of carbonyl (C=O) groups excluding carboxylic acids is 1. The molecule has 1 radical (unpaired) electrons. The lowest BCUT2D eigenvalue weighted by atomic mass is 10.1. The fraction of sp³-hybridized carbons (Fsp3) is 0.667. The highest BCUT2D eigenvalue weighted by Crippen LogP contribution is 1.76. The van der Waals surface area contributed by atoms with Gasteiger partial charge in [-0.25, -0.2) is 4.79 Å². The third kappa shape index (κ3) is 3.16. The van der Waals surface area contributed by atoms with Gasteiger partial charge in [0, 0.05) is 0 Å². The first kappa shape index (κ1) is 6.33. The van der Waals surface area contributed by atoms with Gasteiger partial charge in [-0.1, -0.05) is 0 Å². The summed E-state index contributed by atoms with van der Waals surface area (Å²) < 4.78 is 8.30. The highest BCUT2D eigenvalue weighted by molar-refractivity contribution is 6.27. The fourth-order valence-electron chi connectivity index (χ4n) is 0.144. The normalized spacial score (nSPS) is 7.14. The highest BCUT2D eigenvalue weighted by atomic mass is 16.7. The molecule has 0 heterocycles. The van der Waals surface area contributed by atoms with Crippen molar-refractivity contribution in [3.63, 3.8) is 0 Å². The molecule has 4 heteroatoms. The second-order valence-corrected chi connectivity index (χ2v) is 0.808. The molecule has 0 spiro atoms. The van der Waals surface area contributed by atoms with E-state index in [1.807, 2.05) is 0 Å². The molecule has 0 fully saturated rings. The van der Waals surface area contributed by atoms with Gasteiger partial charge in [-0.3, -0.25) is 0 Å². The highest BCUT2D eigenvalue weighted by Gasteiger charge is 1.94. The molecule has 0 aliphatic heterocycles. The summed E-state index contributed by atoms with van der Waals surface area (Å²) in [6, 6.07) is 0. The summed E-state index contributed by atoms with van der Waals surface area (Å²) in [5, 5.41) is 0. The number of ether oxygens (including phenoxy) is 1. The van der Waals surface area contributed by atoms with Crippen LogP contribution in [0.1, 0.15) is 0 Å². The van der Waals surface area contributed by atoms with Crippen molar-refractivity contribution in [2.24, 2.45) is 0 Å². The smallest absolute Gasteiger partial charge is 0.489 e. The average Bonchev–Trinajstić information content (AvgIpc) is 1.68. The van der Waals surface area contributed by atoms with E-state index in [1.165, 1.54) is 14.6 Å². The number of carbonyl (C=O) groups is 1. The molecular weight excluding hydrogens is 94.8 g/mol. The van der Waals surface area contributed by atoms with E-state index in [0.29, 0.717) is 0 Å². The molecule has 0 aromatic carbocycles. The Hall–Kier alpha value is -0.665. The SMILES string of the molecule is C[B]OC(=O)OC. The summed E-state index contributed by atoms with van der Waals surface area (Å²) in [7, 11) is 2.51. The first-order valence-corrected chi connectivity index (χ1v) is 1.83. The van der Waals surface area contributed by atoms with Crippen molar-refractivity contribution in [2.75, 3.05) is 7.11 Å². The van der Waals surface area contributed by atoms with Crippen molar-refractivity contribution < 1.29 is 14.2 Å². The molecule has 0 N–H and O–H groups in total. The molecule has 3 nitrogen and oxygen atoms in total. The van der Waals surface area contributed by atoms with Gasteiger partial charge in [0.05, 0.1) is 7.11 Å². The van der Waals surface area contributed by atoms with Crippen molar-refractivity contribution >= 4 is 13.6 Å². The Bertz CT molecular complexity index is 63.2. The van der Waals surface area contributed by atoms with Gasteiger partial charge in [-0.15, -0.1) is 0 Å². The molecule has 0 aliphatic rings. The zero-order valence-electron chi connectivity index (χ0n) is 4.30. The van der Waals surface area contributed by atoms with E-state index in [-0.39, 0.29) is 0 Å². The van der Waals surface area contributed by atoms with E-state index in [2.05, 4.69) is 9.39 Å². The van der Waals surface area contributed by atoms with Crippen molar-refractivity contribution in [1.82, 2.24) is 0 Å². The van der Waals surface area contributed by atoms with Gasteiger partial charge in [0.15, 0.2) is 0 Å². The van der Waals surface area contributed by atoms with E-state index >= 15 is 0 Å². The zero-order chi connectivity index (χ0) is 5.70. The molecule has 0 amide bonds. The lowest BCUT2D eigenvalue weighted by molar-refractivity contribution is 0.123. The van der Waals surface area contributed by atoms with Crippen LogP contribution in [-0.2, 0) is 9.39 Å². The van der Waals surface area contributed by atoms with Crippen LogP contribution in [-0.4, -0.2) is 20.7 Å². The fourth-order valence-corrected chi connectivity index (χ4v) is 0.144. The molecule has 39 valence electrons. The van der Waals surface area contributed by atoms with Crippen LogP contribution >= 0.6 is 0 Å². The average molecular weight is 101 g/mol. The van der Waals surface area contributed by atoms with Gasteiger partial charge in [0.25, 0.3) is 0 Å². The van der Waals surface area contributed by atoms with Gasteiger partial charge in [0.1, 0.15) is 0 Å². The second-order valence-electron chi connectivity index (χ2n) is 0.808. The van der Waals surface area contributed by atoms with Crippen LogP contribution in [0.5, 0.6) is 0 Å². The Kier molecular flexibility index (Phi) is 3.19. The van der Waals surface area contributed by atoms with Gasteiger partial charge in [-0.2, -0.15) is 0 Å². The molecule has 0 bridgehead atoms. The molecule has 0 aromatic rings. The third-order valence-corrected chi connectivity index (χ3v) is 0.381. The zero-order valence-corrected chi connectivity index (χ0v) is 4.30. The molecule has 0 unspecified atom stereocenters. The summed E-state index contributed by atoms with van der Waals surface area (Å²) >= 11 is 0. The second kappa shape index (κ2) is 3.52. The van der Waals surface area contributed by atoms with Crippen molar-refractivity contribution in [3.8, 4) is 0 Å². The summed E-state index contributed by atoms with van der Waals surface area (Å²) in [4.78, 5) is 9.94. The molecule has 0 rings (SSSR count). The number of hydrogen-bond donors (Lipinski definition) is 0. The van der Waals surface area contributed by atoms with E-state index < -0.39 is 6.16 Å². The third-order valence-electron chi connectivity index (χ3n) is 0.381. The quantitative estimate of drug-likeness (QED) is 0.355. The van der Waals surface area contributed by atoms with Crippen LogP contribution < -0.4 is 0 Å². The lowest BCUT2D eigenvalue weighted by Crippen LogP contribution is -2.04. The predicted molar refractivity (Wildman–Crippen MR) is 25.1 cm³/mol. The summed E-state index contributed by atoms with van der Waals surface area (Å²) in [6.45, 7) is 1.59. The molecule has 0 aromatic heterocycles. The minimum atomic E-state index is -0.678. The Morgan fingerprint density at radius 3 is 2.43 bits per heavy atom. The molecule has 7 heavy (non-hydrogen) atoms. The summed E-state index contributed by atoms with van der Waals surface area (Å²) in [5.41, 5.74) is 0. The molecular formula is C3H6BO3. The van der Waals surface area contributed by atoms with Gasteiger partial charge < -0.3 is 9.39 Å². The van der Waals surface area contributed by atoms with E-state index in [4.69, 9.17) is 0 Å². The largest absolute Gasteiger partial charge is 0.509 e. The number of rotatable bonds is 1. The Balaban J connectivity index is 3.00. The van der Waals surface area contributed by atoms with Crippen molar-refractivity contribution in [2.45, 2.75) is 6.82 Å². The van der Waals surface area contributed by atoms with Crippen LogP contribution in [0.15, 0.2) is 0 Å². The lowest BCUT2D eigenvalue weighted by Gasteiger charge is -1.94. The van der Waals surface area contributed by atoms with Crippen LogP contribution in [0.3, 0.4) is 0 Å². The summed E-state index contributed by atoms with van der Waals surface area (Å²) in [6.07, 6.45) is -0.678. The predicted octanol–water partition coefficient (Wildman–Crippen LogP) is 0.437. The molecule has 0 saturated heterocycles. The minimum absolute atomic E-state index is 0.678. The van der Waals surface area contributed by atoms with E-state index in [1.54, 1.807) is 6.82 Å². The van der Waals surface area contributed by atoms with E-state index in [9.17, 15) is 4.79 Å². The maximum absolute atomic E-state index is 9.94. The Morgan fingerprint density at radius 2 is 2.29 bits per heavy atom. The number of hydrogen-bond acceptors (Lipinski definition) is 3. The monoisotopic (exact) mass is 101 g/mol. The minimum Gasteiger partial charge on any atom is -0.509 e. The molecule has 0 aliphatic carbocycles. The maximum atomic E-state index is 9.94. The van der Waals surface area contributed by atoms with Crippen LogP contribution in [0.2, 0.25) is 6.82 Å². The van der Waals surface area contributed by atoms with Gasteiger partial charge >= 0.3 is 13.6 Å². The standard InChI is InChI=1S/C3H6BO3/c1-4-7-3(5)6-2/h1-2H3. The van der Waals surface area contributed by atoms with Crippen LogP contribution in [0.4, 0.5) is 4.79 Å². The van der Waals surface area contributed by atoms with Crippen LogP contribution in [0.25, 0.3) is 0 Å². The Labute approximate surface area is 42.9 Å². The van der Waals surface area contributed by atoms with Crippen molar-refractivity contribution in [3.05, 3.63) is 0 Å². The van der Waals surface area contributed by atoms with Crippen molar-refractivity contribution in [1.29, 1.82) is 0 Å². The molecule has 0 saturated carbocycles. The maximum Gasteiger partial charge on any atom is 0.489 e. The molecule has 0 atom stereocenters. The topological polar surface area (TPSA) is 35.5 Å². The number of methoxy groups -OCH3 is 1. The first-order chi connectivity index (χ1) is 3.31. The Morgan fingerprint density at radius 1 is 1.71 bits per heavy atom. The van der Waals surface area contributed by atoms with Crippen LogP contribution in [0, 0.1) is 0 Å². The first-order valence-electron chi connectivity index (χ1n) is 1.83. The summed E-state index contributed by atoms with van der Waals surface area (Å²) in [5.74, 6) is 0. The van der Waals surface area contributed by atoms with E-state index in [0.717, 1.165) is 0 Å². The van der Waals surface area contributed by atoms with Gasteiger partial charge in [0.2, 0.25) is 0 Å². The van der Waals surface area contributed by atoms with Gasteiger partial charge in [-0.05, 0) is 6.82 Å².